The van der Waals surface area contributed by atoms with E-state index in [1.54, 1.807) is 12.3 Å². The first kappa shape index (κ1) is 18.3. The van der Waals surface area contributed by atoms with Crippen molar-refractivity contribution in [1.82, 2.24) is 0 Å². The summed E-state index contributed by atoms with van der Waals surface area (Å²) in [5.74, 6) is -1.27. The Morgan fingerprint density at radius 3 is 2.42 bits per heavy atom. The summed E-state index contributed by atoms with van der Waals surface area (Å²) in [6.45, 7) is 1.89. The van der Waals surface area contributed by atoms with Gasteiger partial charge in [0.25, 0.3) is 0 Å². The Labute approximate surface area is 154 Å². The first-order valence-corrected chi connectivity index (χ1v) is 9.81. The van der Waals surface area contributed by atoms with Gasteiger partial charge < -0.3 is 5.11 Å². The normalized spacial score (nSPS) is 16.4. The largest absolute Gasteiger partial charge is 0.481 e. The predicted octanol–water partition coefficient (Wildman–Crippen LogP) is 4.72. The molecule has 0 heterocycles. The second kappa shape index (κ2) is 7.38. The minimum Gasteiger partial charge on any atom is -0.481 e. The molecule has 0 spiro atoms. The molecule has 1 aliphatic rings. The summed E-state index contributed by atoms with van der Waals surface area (Å²) < 4.78 is 26.4. The number of fused-ring (bicyclic) bond motifs is 1. The van der Waals surface area contributed by atoms with Gasteiger partial charge in [0.1, 0.15) is 5.82 Å². The molecule has 0 aliphatic heterocycles. The number of aliphatic carboxylic acids is 1. The first-order chi connectivity index (χ1) is 12.4. The van der Waals surface area contributed by atoms with E-state index in [1.807, 2.05) is 37.3 Å². The molecule has 1 aliphatic carbocycles. The Morgan fingerprint density at radius 1 is 1.12 bits per heavy atom. The topological polar surface area (TPSA) is 54.4 Å². The van der Waals surface area contributed by atoms with Gasteiger partial charge in [-0.3, -0.25) is 9.00 Å². The lowest BCUT2D eigenvalue weighted by atomic mass is 10.00. The summed E-state index contributed by atoms with van der Waals surface area (Å²) in [6.07, 6.45) is 1.90. The SMILES string of the molecule is CC1=C(CCC(=O)O)c2cc(F)ccc2C1=C(c1ccccc1)S(C)=O. The van der Waals surface area contributed by atoms with Crippen LogP contribution in [-0.4, -0.2) is 21.5 Å². The van der Waals surface area contributed by atoms with Crippen molar-refractivity contribution >= 4 is 32.8 Å². The van der Waals surface area contributed by atoms with Gasteiger partial charge in [0.2, 0.25) is 0 Å². The predicted molar refractivity (Wildman–Crippen MR) is 103 cm³/mol. The van der Waals surface area contributed by atoms with Crippen LogP contribution in [0.1, 0.15) is 36.5 Å². The number of hydrogen-bond donors (Lipinski definition) is 1. The van der Waals surface area contributed by atoms with Crippen LogP contribution < -0.4 is 0 Å². The number of rotatable bonds is 5. The van der Waals surface area contributed by atoms with E-state index in [1.165, 1.54) is 12.1 Å². The maximum atomic E-state index is 13.9. The second-order valence-electron chi connectivity index (χ2n) is 6.21. The zero-order valence-corrected chi connectivity index (χ0v) is 15.4. The average molecular weight is 370 g/mol. The van der Waals surface area contributed by atoms with Gasteiger partial charge in [0.05, 0.1) is 15.7 Å². The average Bonchev–Trinajstić information content (AvgIpc) is 2.85. The maximum Gasteiger partial charge on any atom is 0.303 e. The lowest BCUT2D eigenvalue weighted by Gasteiger charge is -2.12. The van der Waals surface area contributed by atoms with Crippen LogP contribution in [0.15, 0.2) is 54.1 Å². The number of carboxylic acid groups (broad SMARTS) is 1. The quantitative estimate of drug-likeness (QED) is 0.828. The summed E-state index contributed by atoms with van der Waals surface area (Å²) in [5.41, 5.74) is 4.82. The molecule has 3 nitrogen and oxygen atoms in total. The van der Waals surface area contributed by atoms with Crippen LogP contribution in [-0.2, 0) is 15.6 Å². The molecule has 3 rings (SSSR count). The highest BCUT2D eigenvalue weighted by molar-refractivity contribution is 7.94. The van der Waals surface area contributed by atoms with E-state index in [9.17, 15) is 13.4 Å². The fourth-order valence-corrected chi connectivity index (χ4v) is 4.45. The van der Waals surface area contributed by atoms with Crippen molar-refractivity contribution in [2.24, 2.45) is 0 Å². The molecule has 1 unspecified atom stereocenters. The van der Waals surface area contributed by atoms with E-state index in [2.05, 4.69) is 0 Å². The van der Waals surface area contributed by atoms with Gasteiger partial charge >= 0.3 is 5.97 Å². The van der Waals surface area contributed by atoms with Gasteiger partial charge in [0, 0.05) is 18.2 Å². The molecule has 2 aromatic rings. The van der Waals surface area contributed by atoms with Crippen LogP contribution in [0.4, 0.5) is 4.39 Å². The molecule has 0 fully saturated rings. The molecule has 0 saturated heterocycles. The van der Waals surface area contributed by atoms with E-state index < -0.39 is 16.8 Å². The molecular weight excluding hydrogens is 351 g/mol. The minimum absolute atomic E-state index is 0.0359. The Balaban J connectivity index is 2.29. The number of carboxylic acids is 1. The Hall–Kier alpha value is -2.53. The molecule has 5 heteroatoms. The smallest absolute Gasteiger partial charge is 0.303 e. The van der Waals surface area contributed by atoms with Gasteiger partial charge in [0.15, 0.2) is 0 Å². The molecule has 26 heavy (non-hydrogen) atoms. The standard InChI is InChI=1S/C21H19FO3S/c1-13-16(10-11-19(23)24)18-12-15(22)8-9-17(18)20(13)21(26(2)25)14-6-4-3-5-7-14/h3-9,12H,10-11H2,1-2H3,(H,23,24). The molecule has 134 valence electrons. The number of hydrogen-bond acceptors (Lipinski definition) is 2. The fraction of sp³-hybridized carbons (Fsp3) is 0.190. The summed E-state index contributed by atoms with van der Waals surface area (Å²) in [4.78, 5) is 11.7. The molecular formula is C21H19FO3S. The Morgan fingerprint density at radius 2 is 1.81 bits per heavy atom. The highest BCUT2D eigenvalue weighted by Gasteiger charge is 2.28. The van der Waals surface area contributed by atoms with Crippen molar-refractivity contribution in [3.63, 3.8) is 0 Å². The van der Waals surface area contributed by atoms with Crippen molar-refractivity contribution in [1.29, 1.82) is 0 Å². The first-order valence-electron chi connectivity index (χ1n) is 8.25. The highest BCUT2D eigenvalue weighted by atomic mass is 32.2. The van der Waals surface area contributed by atoms with Crippen LogP contribution in [0.2, 0.25) is 0 Å². The Bertz CT molecular complexity index is 958. The van der Waals surface area contributed by atoms with Crippen LogP contribution in [0, 0.1) is 5.82 Å². The van der Waals surface area contributed by atoms with E-state index in [-0.39, 0.29) is 12.2 Å². The molecule has 0 aromatic heterocycles. The third-order valence-electron chi connectivity index (χ3n) is 4.54. The lowest BCUT2D eigenvalue weighted by molar-refractivity contribution is -0.136. The summed E-state index contributed by atoms with van der Waals surface area (Å²) in [6, 6.07) is 14.0. The van der Waals surface area contributed by atoms with E-state index in [4.69, 9.17) is 5.11 Å². The van der Waals surface area contributed by atoms with Gasteiger partial charge in [-0.1, -0.05) is 36.4 Å². The third-order valence-corrected chi connectivity index (χ3v) is 5.56. The van der Waals surface area contributed by atoms with Crippen molar-refractivity contribution in [3.8, 4) is 0 Å². The molecule has 1 N–H and O–H groups in total. The maximum absolute atomic E-state index is 13.9. The molecule has 2 aromatic carbocycles. The molecule has 0 saturated carbocycles. The summed E-state index contributed by atoms with van der Waals surface area (Å²) in [5, 5.41) is 9.05. The molecule has 0 amide bonds. The third kappa shape index (κ3) is 3.40. The lowest BCUT2D eigenvalue weighted by Crippen LogP contribution is -1.98. The van der Waals surface area contributed by atoms with Gasteiger partial charge in [-0.25, -0.2) is 4.39 Å². The van der Waals surface area contributed by atoms with Crippen molar-refractivity contribution in [2.45, 2.75) is 19.8 Å². The number of halogens is 1. The minimum atomic E-state index is -1.27. The zero-order chi connectivity index (χ0) is 18.8. The second-order valence-corrected chi connectivity index (χ2v) is 7.53. The summed E-state index contributed by atoms with van der Waals surface area (Å²) >= 11 is 0. The van der Waals surface area contributed by atoms with Crippen LogP contribution in [0.3, 0.4) is 0 Å². The molecule has 0 bridgehead atoms. The van der Waals surface area contributed by atoms with E-state index in [0.29, 0.717) is 16.9 Å². The van der Waals surface area contributed by atoms with Gasteiger partial charge in [-0.15, -0.1) is 0 Å². The van der Waals surface area contributed by atoms with Crippen molar-refractivity contribution in [3.05, 3.63) is 76.6 Å². The van der Waals surface area contributed by atoms with Gasteiger partial charge in [-0.05, 0) is 53.3 Å². The van der Waals surface area contributed by atoms with E-state index in [0.717, 1.165) is 27.8 Å². The molecule has 1 atom stereocenters. The van der Waals surface area contributed by atoms with Crippen molar-refractivity contribution in [2.75, 3.05) is 6.26 Å². The van der Waals surface area contributed by atoms with Crippen LogP contribution >= 0.6 is 0 Å². The summed E-state index contributed by atoms with van der Waals surface area (Å²) in [7, 11) is -1.27. The number of allylic oxidation sites excluding steroid dienone is 3. The fourth-order valence-electron chi connectivity index (χ4n) is 3.43. The van der Waals surface area contributed by atoms with Crippen LogP contribution in [0.5, 0.6) is 0 Å². The van der Waals surface area contributed by atoms with Crippen LogP contribution in [0.25, 0.3) is 16.1 Å². The Kier molecular flexibility index (Phi) is 5.18. The highest BCUT2D eigenvalue weighted by Crippen LogP contribution is 2.47. The molecule has 0 radical (unpaired) electrons. The van der Waals surface area contributed by atoms with E-state index >= 15 is 0 Å². The monoisotopic (exact) mass is 370 g/mol. The van der Waals surface area contributed by atoms with Crippen molar-refractivity contribution < 1.29 is 18.5 Å². The zero-order valence-electron chi connectivity index (χ0n) is 14.6. The number of benzene rings is 2. The number of carbonyl (C=O) groups is 1. The van der Waals surface area contributed by atoms with Gasteiger partial charge in [-0.2, -0.15) is 0 Å².